The Morgan fingerprint density at radius 1 is 0.925 bits per heavy atom. The van der Waals surface area contributed by atoms with E-state index in [0.29, 0.717) is 17.7 Å². The Balaban J connectivity index is 1.55. The maximum atomic E-state index is 14.4. The first-order valence-corrected chi connectivity index (χ1v) is 13.8. The number of para-hydroxylation sites is 2. The molecule has 6 rings (SSSR count). The molecule has 0 bridgehead atoms. The lowest BCUT2D eigenvalue weighted by atomic mass is 9.51. The van der Waals surface area contributed by atoms with E-state index in [9.17, 15) is 24.3 Å². The summed E-state index contributed by atoms with van der Waals surface area (Å²) < 4.78 is 5.41. The highest BCUT2D eigenvalue weighted by Crippen LogP contribution is 2.65. The van der Waals surface area contributed by atoms with Gasteiger partial charge in [-0.1, -0.05) is 42.0 Å². The van der Waals surface area contributed by atoms with E-state index in [2.05, 4.69) is 0 Å². The number of aromatic hydroxyl groups is 1. The number of benzene rings is 2. The molecule has 1 N–H and O–H groups in total. The molecule has 6 unspecified atom stereocenters. The van der Waals surface area contributed by atoms with E-state index in [4.69, 9.17) is 4.74 Å². The standard InChI is InChI=1S/C32H34N2O6/c1-31(2,3)34-27(36)19-15-14-18-21(24(19)29(34)38)16-22-28(37)33(17-10-7-6-8-11-17)30(39)32(22,4)25(18)20-12-9-13-23(40-5)26(20)35/h6-14,19,21-22,24-25,35H,15-16H2,1-5H3. The van der Waals surface area contributed by atoms with Gasteiger partial charge in [0.1, 0.15) is 0 Å². The molecule has 0 spiro atoms. The summed E-state index contributed by atoms with van der Waals surface area (Å²) in [6.07, 6.45) is 2.62. The van der Waals surface area contributed by atoms with Crippen molar-refractivity contribution in [2.45, 2.75) is 52.0 Å². The molecule has 40 heavy (non-hydrogen) atoms. The van der Waals surface area contributed by atoms with E-state index in [1.54, 1.807) is 49.4 Å². The summed E-state index contributed by atoms with van der Waals surface area (Å²) in [6.45, 7) is 7.35. The summed E-state index contributed by atoms with van der Waals surface area (Å²) in [6, 6.07) is 14.0. The molecule has 2 aliphatic heterocycles. The van der Waals surface area contributed by atoms with E-state index in [1.807, 2.05) is 32.9 Å². The number of phenolic OH excluding ortho intramolecular Hbond substituents is 1. The molecule has 208 valence electrons. The van der Waals surface area contributed by atoms with Crippen LogP contribution in [0.1, 0.15) is 52.0 Å². The molecule has 1 saturated carbocycles. The smallest absolute Gasteiger partial charge is 0.241 e. The quantitative estimate of drug-likeness (QED) is 0.455. The molecule has 0 radical (unpaired) electrons. The van der Waals surface area contributed by atoms with Gasteiger partial charge in [-0.25, -0.2) is 4.90 Å². The van der Waals surface area contributed by atoms with Crippen molar-refractivity contribution in [3.8, 4) is 11.5 Å². The summed E-state index contributed by atoms with van der Waals surface area (Å²) in [5, 5.41) is 11.3. The number of allylic oxidation sites excluding steroid dienone is 2. The number of hydrogen-bond donors (Lipinski definition) is 1. The van der Waals surface area contributed by atoms with Crippen LogP contribution in [-0.4, -0.2) is 46.3 Å². The first kappa shape index (κ1) is 26.3. The normalized spacial score (nSPS) is 31.6. The van der Waals surface area contributed by atoms with Gasteiger partial charge in [0.25, 0.3) is 0 Å². The number of methoxy groups -OCH3 is 1. The second-order valence-electron chi connectivity index (χ2n) is 12.6. The molecule has 2 saturated heterocycles. The average molecular weight is 543 g/mol. The van der Waals surface area contributed by atoms with Crippen molar-refractivity contribution in [3.05, 3.63) is 65.7 Å². The van der Waals surface area contributed by atoms with Crippen LogP contribution in [0.5, 0.6) is 11.5 Å². The lowest BCUT2D eigenvalue weighted by Crippen LogP contribution is -2.49. The number of likely N-dealkylation sites (tertiary alicyclic amines) is 1. The molecule has 3 fully saturated rings. The van der Waals surface area contributed by atoms with E-state index in [-0.39, 0.29) is 41.5 Å². The van der Waals surface area contributed by atoms with Crippen LogP contribution in [0.4, 0.5) is 5.69 Å². The molecule has 4 amide bonds. The molecule has 2 aromatic rings. The van der Waals surface area contributed by atoms with Gasteiger partial charge >= 0.3 is 0 Å². The second kappa shape index (κ2) is 8.78. The van der Waals surface area contributed by atoms with Crippen molar-refractivity contribution >= 4 is 29.3 Å². The molecule has 2 heterocycles. The third-order valence-electron chi connectivity index (χ3n) is 9.52. The first-order valence-electron chi connectivity index (χ1n) is 13.8. The van der Waals surface area contributed by atoms with Gasteiger partial charge in [-0.3, -0.25) is 24.1 Å². The van der Waals surface area contributed by atoms with Gasteiger partial charge < -0.3 is 9.84 Å². The van der Waals surface area contributed by atoms with Crippen LogP contribution < -0.4 is 9.64 Å². The number of anilines is 1. The van der Waals surface area contributed by atoms with Crippen molar-refractivity contribution in [3.63, 3.8) is 0 Å². The molecule has 8 nitrogen and oxygen atoms in total. The molecular weight excluding hydrogens is 508 g/mol. The second-order valence-corrected chi connectivity index (χ2v) is 12.6. The fraction of sp³-hybridized carbons (Fsp3) is 0.438. The minimum Gasteiger partial charge on any atom is -0.504 e. The summed E-state index contributed by atoms with van der Waals surface area (Å²) >= 11 is 0. The maximum absolute atomic E-state index is 14.4. The van der Waals surface area contributed by atoms with Crippen LogP contribution in [-0.2, 0) is 19.2 Å². The zero-order chi connectivity index (χ0) is 28.7. The van der Waals surface area contributed by atoms with Crippen LogP contribution in [0.3, 0.4) is 0 Å². The van der Waals surface area contributed by atoms with Crippen LogP contribution in [0.2, 0.25) is 0 Å². The number of rotatable bonds is 3. The van der Waals surface area contributed by atoms with E-state index >= 15 is 0 Å². The molecule has 2 aromatic carbocycles. The highest BCUT2D eigenvalue weighted by Gasteiger charge is 2.68. The number of amides is 4. The number of nitrogens with zero attached hydrogens (tertiary/aromatic N) is 2. The minimum absolute atomic E-state index is 0.0952. The third kappa shape index (κ3) is 3.37. The number of phenols is 1. The Morgan fingerprint density at radius 3 is 2.27 bits per heavy atom. The summed E-state index contributed by atoms with van der Waals surface area (Å²) in [5.74, 6) is -3.92. The Kier molecular flexibility index (Phi) is 5.77. The summed E-state index contributed by atoms with van der Waals surface area (Å²) in [7, 11) is 1.46. The Morgan fingerprint density at radius 2 is 1.62 bits per heavy atom. The van der Waals surface area contributed by atoms with Crippen LogP contribution in [0.25, 0.3) is 0 Å². The van der Waals surface area contributed by atoms with Gasteiger partial charge in [-0.2, -0.15) is 0 Å². The van der Waals surface area contributed by atoms with Crippen molar-refractivity contribution < 1.29 is 29.0 Å². The first-order chi connectivity index (χ1) is 18.9. The average Bonchev–Trinajstić information content (AvgIpc) is 3.29. The van der Waals surface area contributed by atoms with Crippen molar-refractivity contribution in [1.29, 1.82) is 0 Å². The number of imide groups is 2. The molecule has 0 aromatic heterocycles. The van der Waals surface area contributed by atoms with Crippen molar-refractivity contribution in [1.82, 2.24) is 4.90 Å². The predicted octanol–water partition coefficient (Wildman–Crippen LogP) is 4.43. The third-order valence-corrected chi connectivity index (χ3v) is 9.52. The minimum atomic E-state index is -1.22. The SMILES string of the molecule is COc1cccc(C2C3=CCC4C(=O)N(C(C)(C)C)C(=O)C4C3CC3C(=O)N(c4ccccc4)C(=O)C32C)c1O. The van der Waals surface area contributed by atoms with Crippen molar-refractivity contribution in [2.75, 3.05) is 12.0 Å². The number of fused-ring (bicyclic) bond motifs is 4. The number of carbonyl (C=O) groups is 4. The van der Waals surface area contributed by atoms with Gasteiger partial charge in [-0.15, -0.1) is 0 Å². The predicted molar refractivity (Wildman–Crippen MR) is 147 cm³/mol. The number of carbonyl (C=O) groups excluding carboxylic acids is 4. The Labute approximate surface area is 233 Å². The molecular formula is C32H34N2O6. The maximum Gasteiger partial charge on any atom is 0.241 e. The highest BCUT2D eigenvalue weighted by atomic mass is 16.5. The molecule has 8 heteroatoms. The van der Waals surface area contributed by atoms with Crippen LogP contribution >= 0.6 is 0 Å². The lowest BCUT2D eigenvalue weighted by molar-refractivity contribution is -0.145. The van der Waals surface area contributed by atoms with E-state index in [0.717, 1.165) is 5.57 Å². The van der Waals surface area contributed by atoms with Gasteiger partial charge in [0.15, 0.2) is 11.5 Å². The lowest BCUT2D eigenvalue weighted by Gasteiger charge is -2.49. The molecule has 6 atom stereocenters. The highest BCUT2D eigenvalue weighted by molar-refractivity contribution is 6.24. The number of hydrogen-bond acceptors (Lipinski definition) is 6. The van der Waals surface area contributed by atoms with Gasteiger partial charge in [0, 0.05) is 17.0 Å². The van der Waals surface area contributed by atoms with Gasteiger partial charge in [0.2, 0.25) is 23.6 Å². The topological polar surface area (TPSA) is 104 Å². The van der Waals surface area contributed by atoms with Gasteiger partial charge in [-0.05, 0) is 64.7 Å². The molecule has 4 aliphatic rings. The summed E-state index contributed by atoms with van der Waals surface area (Å²) in [5.41, 5.74) is -0.106. The molecule has 2 aliphatic carbocycles. The fourth-order valence-electron chi connectivity index (χ4n) is 7.78. The number of ether oxygens (including phenoxy) is 1. The van der Waals surface area contributed by atoms with E-state index < -0.39 is 40.5 Å². The van der Waals surface area contributed by atoms with Crippen LogP contribution in [0, 0.1) is 29.1 Å². The Hall–Kier alpha value is -3.94. The van der Waals surface area contributed by atoms with Crippen molar-refractivity contribution in [2.24, 2.45) is 29.1 Å². The largest absolute Gasteiger partial charge is 0.504 e. The van der Waals surface area contributed by atoms with Crippen LogP contribution in [0.15, 0.2) is 60.2 Å². The van der Waals surface area contributed by atoms with E-state index in [1.165, 1.54) is 16.9 Å². The zero-order valence-electron chi connectivity index (χ0n) is 23.4. The monoisotopic (exact) mass is 542 g/mol. The zero-order valence-corrected chi connectivity index (χ0v) is 23.4. The Bertz CT molecular complexity index is 1470. The summed E-state index contributed by atoms with van der Waals surface area (Å²) in [4.78, 5) is 58.5. The van der Waals surface area contributed by atoms with Gasteiger partial charge in [0.05, 0.1) is 36.0 Å². The fourth-order valence-corrected chi connectivity index (χ4v) is 7.78.